The van der Waals surface area contributed by atoms with E-state index in [0.29, 0.717) is 0 Å². The second kappa shape index (κ2) is 10.8. The number of rotatable bonds is 9. The minimum absolute atomic E-state index is 0.0798. The predicted octanol–water partition coefficient (Wildman–Crippen LogP) is 4.23. The zero-order valence-corrected chi connectivity index (χ0v) is 19.1. The summed E-state index contributed by atoms with van der Waals surface area (Å²) in [6.07, 6.45) is 1.23. The lowest BCUT2D eigenvalue weighted by molar-refractivity contribution is -0.137. The molecule has 33 heavy (non-hydrogen) atoms. The van der Waals surface area contributed by atoms with Crippen LogP contribution in [-0.4, -0.2) is 41.8 Å². The molecule has 3 N–H and O–H groups in total. The molecule has 0 saturated carbocycles. The van der Waals surface area contributed by atoms with Crippen LogP contribution in [-0.2, 0) is 14.3 Å². The molecule has 0 bridgehead atoms. The number of carbonyl (C=O) groups excluding carboxylic acids is 2. The molecule has 0 fully saturated rings. The summed E-state index contributed by atoms with van der Waals surface area (Å²) < 4.78 is 5.55. The third-order valence-corrected chi connectivity index (χ3v) is 5.58. The van der Waals surface area contributed by atoms with E-state index in [1.165, 1.54) is 0 Å². The van der Waals surface area contributed by atoms with Crippen LogP contribution in [0, 0.1) is 0 Å². The summed E-state index contributed by atoms with van der Waals surface area (Å²) in [6, 6.07) is 14.7. The fraction of sp³-hybridized carbons (Fsp3) is 0.346. The van der Waals surface area contributed by atoms with E-state index in [1.54, 1.807) is 6.92 Å². The van der Waals surface area contributed by atoms with Gasteiger partial charge in [0.1, 0.15) is 12.6 Å². The van der Waals surface area contributed by atoms with Crippen molar-refractivity contribution in [3.05, 3.63) is 71.3 Å². The van der Waals surface area contributed by atoms with Crippen LogP contribution in [0.2, 0.25) is 0 Å². The highest BCUT2D eigenvalue weighted by Crippen LogP contribution is 2.44. The minimum Gasteiger partial charge on any atom is -0.481 e. The maximum Gasteiger partial charge on any atom is 0.407 e. The summed E-state index contributed by atoms with van der Waals surface area (Å²) in [4.78, 5) is 36.2. The standard InChI is InChI=1S/C26H30N2O5/c1-16(2)12-13-23(25(31)27-17(3)14-24(29)30)28-26(32)33-15-22-20-10-6-4-8-18(20)19-9-5-7-11-21(19)22/h4-12,17,22-23H,13-15H2,1-3H3,(H,27,31)(H,28,32)(H,29,30)/t17-,23?/m1/s1. The van der Waals surface area contributed by atoms with Crippen molar-refractivity contribution >= 4 is 18.0 Å². The molecule has 7 nitrogen and oxygen atoms in total. The third kappa shape index (κ3) is 6.22. The maximum absolute atomic E-state index is 12.7. The van der Waals surface area contributed by atoms with E-state index < -0.39 is 30.1 Å². The monoisotopic (exact) mass is 450 g/mol. The Bertz CT molecular complexity index is 1010. The van der Waals surface area contributed by atoms with Gasteiger partial charge in [0.25, 0.3) is 0 Å². The number of benzene rings is 2. The fourth-order valence-electron chi connectivity index (χ4n) is 4.02. The normalized spacial score (nSPS) is 13.8. The number of nitrogens with one attached hydrogen (secondary N) is 2. The molecule has 1 unspecified atom stereocenters. The summed E-state index contributed by atoms with van der Waals surface area (Å²) in [5.41, 5.74) is 5.48. The van der Waals surface area contributed by atoms with E-state index in [9.17, 15) is 14.4 Å². The van der Waals surface area contributed by atoms with Gasteiger partial charge in [-0.15, -0.1) is 0 Å². The Balaban J connectivity index is 1.66. The van der Waals surface area contributed by atoms with Gasteiger partial charge in [0.05, 0.1) is 6.42 Å². The molecule has 0 spiro atoms. The number of alkyl carbamates (subject to hydrolysis) is 1. The van der Waals surface area contributed by atoms with Gasteiger partial charge in [0.15, 0.2) is 0 Å². The highest BCUT2D eigenvalue weighted by Gasteiger charge is 2.30. The van der Waals surface area contributed by atoms with Gasteiger partial charge in [-0.1, -0.05) is 60.2 Å². The molecule has 0 aliphatic heterocycles. The summed E-state index contributed by atoms with van der Waals surface area (Å²) in [7, 11) is 0. The number of carbonyl (C=O) groups is 3. The van der Waals surface area contributed by atoms with Crippen LogP contribution in [0.25, 0.3) is 11.1 Å². The molecular weight excluding hydrogens is 420 g/mol. The van der Waals surface area contributed by atoms with E-state index in [2.05, 4.69) is 22.8 Å². The van der Waals surface area contributed by atoms with Gasteiger partial charge >= 0.3 is 12.1 Å². The number of hydrogen-bond acceptors (Lipinski definition) is 4. The van der Waals surface area contributed by atoms with Crippen LogP contribution in [0.5, 0.6) is 0 Å². The molecular formula is C26H30N2O5. The molecule has 0 heterocycles. The molecule has 2 aromatic rings. The van der Waals surface area contributed by atoms with Gasteiger partial charge in [-0.25, -0.2) is 4.79 Å². The van der Waals surface area contributed by atoms with Crippen molar-refractivity contribution in [3.63, 3.8) is 0 Å². The van der Waals surface area contributed by atoms with Gasteiger partial charge in [0.2, 0.25) is 5.91 Å². The minimum atomic E-state index is -1.01. The molecule has 0 radical (unpaired) electrons. The topological polar surface area (TPSA) is 105 Å². The number of aliphatic carboxylic acids is 1. The quantitative estimate of drug-likeness (QED) is 0.496. The lowest BCUT2D eigenvalue weighted by Gasteiger charge is -2.21. The first-order chi connectivity index (χ1) is 15.8. The van der Waals surface area contributed by atoms with Crippen molar-refractivity contribution in [1.82, 2.24) is 10.6 Å². The molecule has 2 atom stereocenters. The average Bonchev–Trinajstić information content (AvgIpc) is 3.08. The zero-order chi connectivity index (χ0) is 24.0. The number of fused-ring (bicyclic) bond motifs is 3. The van der Waals surface area contributed by atoms with Gasteiger partial charge in [-0.2, -0.15) is 0 Å². The number of allylic oxidation sites excluding steroid dienone is 1. The van der Waals surface area contributed by atoms with Gasteiger partial charge in [0, 0.05) is 12.0 Å². The van der Waals surface area contributed by atoms with E-state index in [-0.39, 0.29) is 25.4 Å². The molecule has 174 valence electrons. The molecule has 3 rings (SSSR count). The lowest BCUT2D eigenvalue weighted by Crippen LogP contribution is -2.49. The number of carboxylic acids is 1. The predicted molar refractivity (Wildman–Crippen MR) is 126 cm³/mol. The van der Waals surface area contributed by atoms with E-state index in [1.807, 2.05) is 56.3 Å². The Labute approximate surface area is 193 Å². The molecule has 7 heteroatoms. The Morgan fingerprint density at radius 1 is 1.00 bits per heavy atom. The summed E-state index contributed by atoms with van der Waals surface area (Å²) in [5, 5.41) is 14.2. The van der Waals surface area contributed by atoms with Crippen molar-refractivity contribution in [2.24, 2.45) is 0 Å². The molecule has 1 aliphatic carbocycles. The van der Waals surface area contributed by atoms with Crippen LogP contribution < -0.4 is 10.6 Å². The molecule has 2 amide bonds. The van der Waals surface area contributed by atoms with Crippen molar-refractivity contribution in [3.8, 4) is 11.1 Å². The van der Waals surface area contributed by atoms with Crippen LogP contribution in [0.4, 0.5) is 4.79 Å². The Kier molecular flexibility index (Phi) is 7.87. The zero-order valence-electron chi connectivity index (χ0n) is 19.1. The number of carboxylic acid groups (broad SMARTS) is 1. The van der Waals surface area contributed by atoms with Crippen LogP contribution in [0.1, 0.15) is 50.7 Å². The van der Waals surface area contributed by atoms with Gasteiger partial charge in [-0.3, -0.25) is 9.59 Å². The fourth-order valence-corrected chi connectivity index (χ4v) is 4.02. The van der Waals surface area contributed by atoms with Gasteiger partial charge in [-0.05, 0) is 49.4 Å². The largest absolute Gasteiger partial charge is 0.481 e. The Morgan fingerprint density at radius 3 is 2.12 bits per heavy atom. The number of ether oxygens (including phenoxy) is 1. The number of hydrogen-bond donors (Lipinski definition) is 3. The smallest absolute Gasteiger partial charge is 0.407 e. The van der Waals surface area contributed by atoms with E-state index >= 15 is 0 Å². The summed E-state index contributed by atoms with van der Waals surface area (Å²) in [6.45, 7) is 5.55. The highest BCUT2D eigenvalue weighted by atomic mass is 16.5. The first-order valence-corrected chi connectivity index (χ1v) is 11.0. The molecule has 0 aromatic heterocycles. The van der Waals surface area contributed by atoms with Crippen molar-refractivity contribution in [1.29, 1.82) is 0 Å². The second-order valence-corrected chi connectivity index (χ2v) is 8.55. The van der Waals surface area contributed by atoms with E-state index in [4.69, 9.17) is 9.84 Å². The Hall–Kier alpha value is -3.61. The van der Waals surface area contributed by atoms with Crippen molar-refractivity contribution in [2.75, 3.05) is 6.61 Å². The molecule has 0 saturated heterocycles. The molecule has 2 aromatic carbocycles. The second-order valence-electron chi connectivity index (χ2n) is 8.55. The van der Waals surface area contributed by atoms with Crippen LogP contribution >= 0.6 is 0 Å². The maximum atomic E-state index is 12.7. The number of amides is 2. The van der Waals surface area contributed by atoms with Gasteiger partial charge < -0.3 is 20.5 Å². The summed E-state index contributed by atoms with van der Waals surface area (Å²) >= 11 is 0. The lowest BCUT2D eigenvalue weighted by atomic mass is 9.98. The van der Waals surface area contributed by atoms with Crippen molar-refractivity contribution in [2.45, 2.75) is 51.6 Å². The van der Waals surface area contributed by atoms with Crippen LogP contribution in [0.3, 0.4) is 0 Å². The van der Waals surface area contributed by atoms with Crippen LogP contribution in [0.15, 0.2) is 60.2 Å². The molecule has 1 aliphatic rings. The average molecular weight is 451 g/mol. The highest BCUT2D eigenvalue weighted by molar-refractivity contribution is 5.86. The van der Waals surface area contributed by atoms with Crippen molar-refractivity contribution < 1.29 is 24.2 Å². The summed E-state index contributed by atoms with van der Waals surface area (Å²) in [5.74, 6) is -1.54. The third-order valence-electron chi connectivity index (χ3n) is 5.58. The first kappa shape index (κ1) is 24.0. The van der Waals surface area contributed by atoms with E-state index in [0.717, 1.165) is 27.8 Å². The Morgan fingerprint density at radius 2 is 1.58 bits per heavy atom. The first-order valence-electron chi connectivity index (χ1n) is 11.0. The SMILES string of the molecule is CC(C)=CCC(NC(=O)OCC1c2ccccc2-c2ccccc21)C(=O)N[C@H](C)CC(=O)O.